The maximum absolute atomic E-state index is 14.1. The lowest BCUT2D eigenvalue weighted by Gasteiger charge is -2.49. The molecule has 3 N–H and O–H groups in total. The number of aliphatic hydroxyl groups excluding tert-OH is 2. The third-order valence-electron chi connectivity index (χ3n) is 9.01. The highest BCUT2D eigenvalue weighted by atomic mass is 19.1. The van der Waals surface area contributed by atoms with Crippen LogP contribution in [0.3, 0.4) is 0 Å². The summed E-state index contributed by atoms with van der Waals surface area (Å²) in [5, 5.41) is 34.1. The van der Waals surface area contributed by atoms with Gasteiger partial charge in [0.15, 0.2) is 17.5 Å². The number of fused-ring (bicyclic) bond motifs is 1. The number of aliphatic hydroxyl groups is 3. The molecule has 202 valence electrons. The first-order valence-electron chi connectivity index (χ1n) is 12.9. The second kappa shape index (κ2) is 9.33. The van der Waals surface area contributed by atoms with Crippen LogP contribution in [0.25, 0.3) is 0 Å². The quantitative estimate of drug-likeness (QED) is 0.494. The van der Waals surface area contributed by atoms with Crippen molar-refractivity contribution in [1.82, 2.24) is 0 Å². The Bertz CT molecular complexity index is 1140. The second-order valence-electron chi connectivity index (χ2n) is 11.9. The fraction of sp³-hybridized carbons (Fsp3) is 0.586. The second-order valence-corrected chi connectivity index (χ2v) is 11.9. The molecule has 37 heavy (non-hydrogen) atoms. The number of ether oxygens (including phenoxy) is 1. The number of allylic oxidation sites excluding steroid dienone is 1. The van der Waals surface area contributed by atoms with Gasteiger partial charge in [0.05, 0.1) is 12.0 Å². The van der Waals surface area contributed by atoms with E-state index < -0.39 is 47.7 Å². The molecule has 0 aliphatic heterocycles. The number of ketones is 1. The lowest BCUT2D eigenvalue weighted by atomic mass is 9.58. The molecule has 0 radical (unpaired) electrons. The molecule has 4 rings (SSSR count). The molecule has 3 aliphatic carbocycles. The van der Waals surface area contributed by atoms with Crippen molar-refractivity contribution in [3.8, 4) is 0 Å². The monoisotopic (exact) mass is 515 g/mol. The Hall–Kier alpha value is -2.55. The Balaban J connectivity index is 1.76. The fourth-order valence-electron chi connectivity index (χ4n) is 6.54. The van der Waals surface area contributed by atoms with Crippen LogP contribution in [0.5, 0.6) is 0 Å². The van der Waals surface area contributed by atoms with Gasteiger partial charge in [-0.05, 0) is 72.4 Å². The van der Waals surface area contributed by atoms with Gasteiger partial charge in [0, 0.05) is 18.7 Å². The molecule has 7 nitrogen and oxygen atoms in total. The van der Waals surface area contributed by atoms with E-state index in [-0.39, 0.29) is 22.7 Å². The summed E-state index contributed by atoms with van der Waals surface area (Å²) in [4.78, 5) is 28.5. The molecule has 8 heteroatoms. The maximum atomic E-state index is 14.1. The minimum Gasteiger partial charge on any atom is -0.438 e. The molecule has 0 aromatic heterocycles. The van der Waals surface area contributed by atoms with E-state index in [0.29, 0.717) is 23.6 Å². The largest absolute Gasteiger partial charge is 0.438 e. The summed E-state index contributed by atoms with van der Waals surface area (Å²) in [6.45, 7) is 9.03. The van der Waals surface area contributed by atoms with Crippen LogP contribution < -0.4 is 4.90 Å². The van der Waals surface area contributed by atoms with Crippen LogP contribution in [0.15, 0.2) is 47.6 Å². The molecule has 3 aliphatic rings. The number of halogens is 1. The number of rotatable bonds is 6. The molecule has 0 unspecified atom stereocenters. The summed E-state index contributed by atoms with van der Waals surface area (Å²) < 4.78 is 19.2. The molecule has 1 fully saturated rings. The van der Waals surface area contributed by atoms with E-state index in [1.807, 2.05) is 6.92 Å². The lowest BCUT2D eigenvalue weighted by molar-refractivity contribution is -0.190. The number of benzene rings is 1. The Morgan fingerprint density at radius 3 is 2.41 bits per heavy atom. The van der Waals surface area contributed by atoms with Gasteiger partial charge in [0.1, 0.15) is 11.9 Å². The molecular weight excluding hydrogens is 477 g/mol. The van der Waals surface area contributed by atoms with Crippen LogP contribution in [0.1, 0.15) is 47.5 Å². The average Bonchev–Trinajstić information content (AvgIpc) is 3.39. The Morgan fingerprint density at radius 1 is 1.27 bits per heavy atom. The highest BCUT2D eigenvalue weighted by Gasteiger charge is 2.71. The number of anilines is 1. The lowest BCUT2D eigenvalue weighted by Crippen LogP contribution is -2.66. The van der Waals surface area contributed by atoms with Gasteiger partial charge in [-0.3, -0.25) is 9.69 Å². The first-order chi connectivity index (χ1) is 17.2. The summed E-state index contributed by atoms with van der Waals surface area (Å²) in [7, 11) is 1.45. The summed E-state index contributed by atoms with van der Waals surface area (Å²) in [5.41, 5.74) is -2.71. The molecule has 1 aromatic rings. The van der Waals surface area contributed by atoms with E-state index in [0.717, 1.165) is 6.42 Å². The van der Waals surface area contributed by atoms with Gasteiger partial charge < -0.3 is 20.1 Å². The van der Waals surface area contributed by atoms with Crippen molar-refractivity contribution >= 4 is 17.6 Å². The summed E-state index contributed by atoms with van der Waals surface area (Å²) >= 11 is 0. The first-order valence-corrected chi connectivity index (χ1v) is 12.9. The minimum absolute atomic E-state index is 0.111. The molecule has 1 amide bonds. The van der Waals surface area contributed by atoms with Crippen molar-refractivity contribution < 1.29 is 34.0 Å². The fourth-order valence-corrected chi connectivity index (χ4v) is 6.54. The zero-order chi connectivity index (χ0) is 27.5. The number of Topliss-reactive ketones (excluding diaryl/α,β-unsaturated/α-hetero) is 1. The zero-order valence-corrected chi connectivity index (χ0v) is 22.4. The highest BCUT2D eigenvalue weighted by Crippen LogP contribution is 2.62. The van der Waals surface area contributed by atoms with Crippen LogP contribution in [0.4, 0.5) is 14.9 Å². The van der Waals surface area contributed by atoms with E-state index in [1.165, 1.54) is 42.3 Å². The zero-order valence-electron chi connectivity index (χ0n) is 22.4. The topological polar surface area (TPSA) is 107 Å². The van der Waals surface area contributed by atoms with Gasteiger partial charge in [-0.1, -0.05) is 39.8 Å². The van der Waals surface area contributed by atoms with Gasteiger partial charge in [0.2, 0.25) is 0 Å². The van der Waals surface area contributed by atoms with Crippen LogP contribution in [-0.2, 0) is 9.53 Å². The van der Waals surface area contributed by atoms with Gasteiger partial charge in [-0.2, -0.15) is 0 Å². The molecular formula is C29H38FNO6. The van der Waals surface area contributed by atoms with Crippen molar-refractivity contribution in [2.24, 2.45) is 28.6 Å². The third-order valence-corrected chi connectivity index (χ3v) is 9.01. The van der Waals surface area contributed by atoms with E-state index >= 15 is 0 Å². The van der Waals surface area contributed by atoms with E-state index in [9.17, 15) is 29.3 Å². The van der Waals surface area contributed by atoms with E-state index in [1.54, 1.807) is 19.9 Å². The molecule has 0 spiro atoms. The van der Waals surface area contributed by atoms with Gasteiger partial charge in [-0.15, -0.1) is 0 Å². The standard InChI is InChI=1S/C29H38FNO6/c1-16-11-19(15-32)24(34)29(36)25(37-26(35)31(6)22-9-7-21(30)8-10-22)17(2)13-28(29,23(16)33)18(3)12-20-14-27(20,4)5/h7-11,13,16,18,20,24-25,32,34,36H,12,14-15H2,1-6H3/t16-,18-,20-,24-,25+,28+,29+/m1/s1. The molecule has 0 saturated heterocycles. The normalized spacial score (nSPS) is 35.1. The average molecular weight is 516 g/mol. The number of amides is 1. The van der Waals surface area contributed by atoms with Crippen molar-refractivity contribution in [2.45, 2.75) is 65.3 Å². The minimum atomic E-state index is -2.23. The third kappa shape index (κ3) is 4.23. The van der Waals surface area contributed by atoms with E-state index in [2.05, 4.69) is 13.8 Å². The Kier molecular flexibility index (Phi) is 6.93. The number of nitrogens with zero attached hydrogens (tertiary/aromatic N) is 1. The van der Waals surface area contributed by atoms with Crippen LogP contribution in [0, 0.1) is 34.4 Å². The number of carbonyl (C=O) groups is 2. The molecule has 7 atom stereocenters. The highest BCUT2D eigenvalue weighted by molar-refractivity contribution is 5.94. The molecule has 1 aromatic carbocycles. The molecule has 0 heterocycles. The Labute approximate surface area is 217 Å². The number of hydrogen-bond donors (Lipinski definition) is 3. The van der Waals surface area contributed by atoms with Gasteiger partial charge in [-0.25, -0.2) is 9.18 Å². The van der Waals surface area contributed by atoms with Crippen molar-refractivity contribution in [3.05, 3.63) is 53.4 Å². The van der Waals surface area contributed by atoms with Crippen molar-refractivity contribution in [2.75, 3.05) is 18.6 Å². The molecule has 0 bridgehead atoms. The SMILES string of the molecule is CC1=C[C@]2([C@H](C)C[C@@H]3CC3(C)C)C(=O)[C@H](C)C=C(CO)[C@@H](O)[C@]2(O)[C@H]1OC(=O)N(C)c1ccc(F)cc1. The summed E-state index contributed by atoms with van der Waals surface area (Å²) in [5.74, 6) is -1.44. The smallest absolute Gasteiger partial charge is 0.414 e. The maximum Gasteiger partial charge on any atom is 0.414 e. The number of carbonyl (C=O) groups excluding carboxylic acids is 2. The van der Waals surface area contributed by atoms with E-state index in [4.69, 9.17) is 4.74 Å². The van der Waals surface area contributed by atoms with Crippen LogP contribution >= 0.6 is 0 Å². The van der Waals surface area contributed by atoms with Crippen molar-refractivity contribution in [1.29, 1.82) is 0 Å². The van der Waals surface area contributed by atoms with Gasteiger partial charge >= 0.3 is 6.09 Å². The predicted molar refractivity (Wildman–Crippen MR) is 137 cm³/mol. The van der Waals surface area contributed by atoms with Crippen molar-refractivity contribution in [3.63, 3.8) is 0 Å². The van der Waals surface area contributed by atoms with Gasteiger partial charge in [0.25, 0.3) is 0 Å². The summed E-state index contributed by atoms with van der Waals surface area (Å²) in [6.07, 6.45) is 0.998. The van der Waals surface area contributed by atoms with Crippen LogP contribution in [0.2, 0.25) is 0 Å². The first kappa shape index (κ1) is 27.5. The molecule has 1 saturated carbocycles. The predicted octanol–water partition coefficient (Wildman–Crippen LogP) is 4.02. The summed E-state index contributed by atoms with van der Waals surface area (Å²) in [6, 6.07) is 5.27. The number of hydrogen-bond acceptors (Lipinski definition) is 6. The Morgan fingerprint density at radius 2 is 1.86 bits per heavy atom. The van der Waals surface area contributed by atoms with Crippen LogP contribution in [-0.4, -0.2) is 58.7 Å².